The van der Waals surface area contributed by atoms with Crippen LogP contribution in [0.5, 0.6) is 0 Å². The molecule has 0 aromatic carbocycles. The lowest BCUT2D eigenvalue weighted by Gasteiger charge is -2.08. The summed E-state index contributed by atoms with van der Waals surface area (Å²) in [7, 11) is 0. The van der Waals surface area contributed by atoms with E-state index in [2.05, 4.69) is 12.2 Å². The van der Waals surface area contributed by atoms with Crippen LogP contribution in [0.15, 0.2) is 0 Å². The van der Waals surface area contributed by atoms with Gasteiger partial charge in [-0.15, -0.1) is 0 Å². The Morgan fingerprint density at radius 3 is 2.73 bits per heavy atom. The minimum atomic E-state index is -0.0284. The number of aliphatic hydroxyl groups is 1. The summed E-state index contributed by atoms with van der Waals surface area (Å²) < 4.78 is 0. The maximum absolute atomic E-state index is 9.45. The fraction of sp³-hybridized carbons (Fsp3) is 1.00. The van der Waals surface area contributed by atoms with Gasteiger partial charge in [0.15, 0.2) is 0 Å². The van der Waals surface area contributed by atoms with Crippen LogP contribution in [-0.2, 0) is 0 Å². The average Bonchev–Trinajstić information content (AvgIpc) is 2.79. The third-order valence-corrected chi connectivity index (χ3v) is 2.21. The Balaban J connectivity index is 1.85. The molecule has 2 heteroatoms. The number of nitrogens with one attached hydrogen (secondary N) is 1. The second kappa shape index (κ2) is 4.73. The van der Waals surface area contributed by atoms with Gasteiger partial charge in [0, 0.05) is 0 Å². The molecule has 0 aromatic rings. The van der Waals surface area contributed by atoms with Gasteiger partial charge < -0.3 is 10.4 Å². The highest BCUT2D eigenvalue weighted by molar-refractivity contribution is 4.80. The molecule has 11 heavy (non-hydrogen) atoms. The summed E-state index contributed by atoms with van der Waals surface area (Å²) in [6.45, 7) is 4.22. The molecule has 66 valence electrons. The van der Waals surface area contributed by atoms with Crippen molar-refractivity contribution >= 4 is 0 Å². The lowest BCUT2D eigenvalue weighted by molar-refractivity contribution is 0.141. The second-order valence-corrected chi connectivity index (χ2v) is 3.44. The average molecular weight is 157 g/mol. The monoisotopic (exact) mass is 157 g/mol. The summed E-state index contributed by atoms with van der Waals surface area (Å²) in [5.41, 5.74) is 0. The van der Waals surface area contributed by atoms with Crippen molar-refractivity contribution in [2.75, 3.05) is 13.1 Å². The summed E-state index contributed by atoms with van der Waals surface area (Å²) in [4.78, 5) is 0. The summed E-state index contributed by atoms with van der Waals surface area (Å²) in [5.74, 6) is 0.637. The van der Waals surface area contributed by atoms with Crippen LogP contribution in [-0.4, -0.2) is 24.3 Å². The van der Waals surface area contributed by atoms with Crippen molar-refractivity contribution < 1.29 is 5.11 Å². The first-order valence-electron chi connectivity index (χ1n) is 4.73. The van der Waals surface area contributed by atoms with E-state index in [0.717, 1.165) is 19.5 Å². The Hall–Kier alpha value is -0.0800. The molecule has 2 N–H and O–H groups in total. The molecule has 0 aliphatic heterocycles. The topological polar surface area (TPSA) is 32.3 Å². The smallest absolute Gasteiger partial charge is 0.0580 e. The van der Waals surface area contributed by atoms with Crippen molar-refractivity contribution in [3.8, 4) is 0 Å². The molecule has 0 unspecified atom stereocenters. The lowest BCUT2D eigenvalue weighted by Crippen LogP contribution is -2.22. The van der Waals surface area contributed by atoms with Crippen molar-refractivity contribution in [2.24, 2.45) is 5.92 Å². The number of hydrogen-bond acceptors (Lipinski definition) is 2. The minimum absolute atomic E-state index is 0.0284. The van der Waals surface area contributed by atoms with E-state index in [9.17, 15) is 5.11 Å². The normalized spacial score (nSPS) is 20.2. The van der Waals surface area contributed by atoms with Crippen molar-refractivity contribution in [3.05, 3.63) is 0 Å². The van der Waals surface area contributed by atoms with Gasteiger partial charge in [-0.1, -0.05) is 6.92 Å². The minimum Gasteiger partial charge on any atom is -0.393 e. The van der Waals surface area contributed by atoms with Crippen molar-refractivity contribution in [1.82, 2.24) is 5.32 Å². The van der Waals surface area contributed by atoms with Crippen molar-refractivity contribution in [1.29, 1.82) is 0 Å². The maximum atomic E-state index is 9.45. The molecule has 0 heterocycles. The molecule has 1 rings (SSSR count). The van der Waals surface area contributed by atoms with E-state index in [4.69, 9.17) is 0 Å². The number of aliphatic hydroxyl groups excluding tert-OH is 1. The standard InChI is InChI=1S/C9H19NO/c1-2-6-10-7-5-9(11)8-3-4-8/h8-11H,2-7H2,1H3/t9-/m1/s1. The van der Waals surface area contributed by atoms with Crippen LogP contribution < -0.4 is 5.32 Å². The Bertz CT molecular complexity index is 102. The molecule has 1 aliphatic carbocycles. The molecule has 1 aliphatic rings. The summed E-state index contributed by atoms with van der Waals surface area (Å²) in [6, 6.07) is 0. The Morgan fingerprint density at radius 2 is 2.18 bits per heavy atom. The second-order valence-electron chi connectivity index (χ2n) is 3.44. The highest BCUT2D eigenvalue weighted by Crippen LogP contribution is 2.33. The van der Waals surface area contributed by atoms with Crippen molar-refractivity contribution in [3.63, 3.8) is 0 Å². The quantitative estimate of drug-likeness (QED) is 0.567. The van der Waals surface area contributed by atoms with Gasteiger partial charge in [0.25, 0.3) is 0 Å². The van der Waals surface area contributed by atoms with Crippen LogP contribution in [0.4, 0.5) is 0 Å². The molecule has 0 spiro atoms. The SMILES string of the molecule is CCCNCC[C@@H](O)C1CC1. The molecule has 2 nitrogen and oxygen atoms in total. The predicted molar refractivity (Wildman–Crippen MR) is 46.5 cm³/mol. The van der Waals surface area contributed by atoms with E-state index in [1.165, 1.54) is 19.3 Å². The molecule has 1 atom stereocenters. The molecular formula is C9H19NO. The molecule has 1 fully saturated rings. The summed E-state index contributed by atoms with van der Waals surface area (Å²) in [6.07, 6.45) is 4.58. The van der Waals surface area contributed by atoms with E-state index in [1.807, 2.05) is 0 Å². The van der Waals surface area contributed by atoms with Gasteiger partial charge in [0.05, 0.1) is 6.10 Å². The zero-order valence-corrected chi connectivity index (χ0v) is 7.34. The van der Waals surface area contributed by atoms with E-state index in [0.29, 0.717) is 5.92 Å². The van der Waals surface area contributed by atoms with E-state index in [1.54, 1.807) is 0 Å². The molecule has 0 bridgehead atoms. The largest absolute Gasteiger partial charge is 0.393 e. The van der Waals surface area contributed by atoms with E-state index >= 15 is 0 Å². The van der Waals surface area contributed by atoms with Crippen LogP contribution in [0.1, 0.15) is 32.6 Å². The van der Waals surface area contributed by atoms with Crippen LogP contribution in [0.25, 0.3) is 0 Å². The lowest BCUT2D eigenvalue weighted by atomic mass is 10.2. The van der Waals surface area contributed by atoms with Gasteiger partial charge in [-0.05, 0) is 44.7 Å². The molecular weight excluding hydrogens is 138 g/mol. The van der Waals surface area contributed by atoms with Crippen LogP contribution in [0, 0.1) is 5.92 Å². The fourth-order valence-electron chi connectivity index (χ4n) is 1.27. The van der Waals surface area contributed by atoms with Crippen molar-refractivity contribution in [2.45, 2.75) is 38.7 Å². The molecule has 0 aromatic heterocycles. The van der Waals surface area contributed by atoms with Gasteiger partial charge in [0.1, 0.15) is 0 Å². The van der Waals surface area contributed by atoms with E-state index in [-0.39, 0.29) is 6.10 Å². The zero-order chi connectivity index (χ0) is 8.10. The van der Waals surface area contributed by atoms with Gasteiger partial charge in [0.2, 0.25) is 0 Å². The first-order valence-corrected chi connectivity index (χ1v) is 4.73. The van der Waals surface area contributed by atoms with Crippen LogP contribution >= 0.6 is 0 Å². The Kier molecular flexibility index (Phi) is 3.87. The fourth-order valence-corrected chi connectivity index (χ4v) is 1.27. The van der Waals surface area contributed by atoms with Gasteiger partial charge in [-0.3, -0.25) is 0 Å². The summed E-state index contributed by atoms with van der Waals surface area (Å²) in [5, 5.41) is 12.7. The first kappa shape index (κ1) is 9.01. The third-order valence-electron chi connectivity index (χ3n) is 2.21. The van der Waals surface area contributed by atoms with Crippen LogP contribution in [0.3, 0.4) is 0 Å². The maximum Gasteiger partial charge on any atom is 0.0580 e. The molecule has 0 radical (unpaired) electrons. The molecule has 1 saturated carbocycles. The molecule has 0 saturated heterocycles. The Morgan fingerprint density at radius 1 is 1.45 bits per heavy atom. The number of hydrogen-bond donors (Lipinski definition) is 2. The number of rotatable bonds is 6. The first-order chi connectivity index (χ1) is 5.34. The van der Waals surface area contributed by atoms with Gasteiger partial charge >= 0.3 is 0 Å². The van der Waals surface area contributed by atoms with E-state index < -0.39 is 0 Å². The van der Waals surface area contributed by atoms with Gasteiger partial charge in [-0.2, -0.15) is 0 Å². The highest BCUT2D eigenvalue weighted by atomic mass is 16.3. The highest BCUT2D eigenvalue weighted by Gasteiger charge is 2.28. The molecule has 0 amide bonds. The predicted octanol–water partition coefficient (Wildman–Crippen LogP) is 1.15. The Labute approximate surface area is 69.0 Å². The summed E-state index contributed by atoms with van der Waals surface area (Å²) >= 11 is 0. The zero-order valence-electron chi connectivity index (χ0n) is 7.34. The van der Waals surface area contributed by atoms with Crippen LogP contribution in [0.2, 0.25) is 0 Å². The van der Waals surface area contributed by atoms with Gasteiger partial charge in [-0.25, -0.2) is 0 Å². The third kappa shape index (κ3) is 3.73.